The molecule has 0 aliphatic heterocycles. The Morgan fingerprint density at radius 3 is 2.60 bits per heavy atom. The van der Waals surface area contributed by atoms with Gasteiger partial charge < -0.3 is 13.9 Å². The van der Waals surface area contributed by atoms with Crippen LogP contribution in [-0.2, 0) is 19.6 Å². The van der Waals surface area contributed by atoms with Gasteiger partial charge in [0.1, 0.15) is 17.4 Å². The quantitative estimate of drug-likeness (QED) is 0.412. The van der Waals surface area contributed by atoms with Crippen molar-refractivity contribution in [2.75, 3.05) is 0 Å². The zero-order valence-electron chi connectivity index (χ0n) is 16.0. The molecular weight excluding hydrogens is 405 g/mol. The third-order valence-corrected chi connectivity index (χ3v) is 5.11. The summed E-state index contributed by atoms with van der Waals surface area (Å²) >= 11 is 6.30. The number of carbonyl (C=O) groups is 1. The van der Waals surface area contributed by atoms with Crippen molar-refractivity contribution in [1.29, 1.82) is 0 Å². The van der Waals surface area contributed by atoms with Gasteiger partial charge >= 0.3 is 0 Å². The molecule has 2 aromatic heterocycles. The molecule has 4 aromatic rings. The van der Waals surface area contributed by atoms with Gasteiger partial charge in [0.2, 0.25) is 0 Å². The van der Waals surface area contributed by atoms with E-state index in [2.05, 4.69) is 4.98 Å². The summed E-state index contributed by atoms with van der Waals surface area (Å²) in [6.07, 6.45) is 5.11. The molecule has 0 radical (unpaired) electrons. The van der Waals surface area contributed by atoms with Crippen LogP contribution in [-0.4, -0.2) is 20.4 Å². The summed E-state index contributed by atoms with van der Waals surface area (Å²) in [6.45, 7) is 1.06. The van der Waals surface area contributed by atoms with E-state index in [1.165, 1.54) is 24.3 Å². The second-order valence-corrected chi connectivity index (χ2v) is 7.22. The number of aromatic nitrogens is 2. The Hall–Kier alpha value is -3.38. The van der Waals surface area contributed by atoms with Gasteiger partial charge in [-0.25, -0.2) is 9.37 Å². The summed E-state index contributed by atoms with van der Waals surface area (Å²) in [4.78, 5) is 19.2. The Kier molecular flexibility index (Phi) is 5.95. The maximum absolute atomic E-state index is 13.3. The zero-order valence-corrected chi connectivity index (χ0v) is 16.8. The third kappa shape index (κ3) is 4.60. The number of hydrogen-bond acceptors (Lipinski definition) is 3. The van der Waals surface area contributed by atoms with Crippen LogP contribution in [0.15, 0.2) is 83.7 Å². The van der Waals surface area contributed by atoms with Gasteiger partial charge in [-0.1, -0.05) is 29.8 Å². The molecule has 2 aromatic carbocycles. The molecule has 0 fully saturated rings. The summed E-state index contributed by atoms with van der Waals surface area (Å²) in [5.41, 5.74) is 1.35. The lowest BCUT2D eigenvalue weighted by atomic mass is 10.2. The first-order chi connectivity index (χ1) is 14.6. The maximum atomic E-state index is 13.3. The van der Waals surface area contributed by atoms with Crippen molar-refractivity contribution < 1.29 is 13.6 Å². The number of furan rings is 1. The van der Waals surface area contributed by atoms with Crippen LogP contribution in [0.3, 0.4) is 0 Å². The predicted molar refractivity (Wildman–Crippen MR) is 111 cm³/mol. The Bertz CT molecular complexity index is 1120. The molecule has 0 saturated heterocycles. The van der Waals surface area contributed by atoms with E-state index in [4.69, 9.17) is 16.0 Å². The van der Waals surface area contributed by atoms with Crippen LogP contribution in [0.4, 0.5) is 4.39 Å². The highest BCUT2D eigenvalue weighted by Gasteiger charge is 2.20. The maximum Gasteiger partial charge on any atom is 0.254 e. The smallest absolute Gasteiger partial charge is 0.254 e. The first kappa shape index (κ1) is 19.9. The van der Waals surface area contributed by atoms with Crippen molar-refractivity contribution in [3.8, 4) is 0 Å². The fraction of sp³-hybridized carbons (Fsp3) is 0.130. The van der Waals surface area contributed by atoms with Crippen molar-refractivity contribution in [3.63, 3.8) is 0 Å². The number of amides is 1. The minimum atomic E-state index is -0.389. The molecule has 2 heterocycles. The van der Waals surface area contributed by atoms with Gasteiger partial charge in [0.25, 0.3) is 5.91 Å². The van der Waals surface area contributed by atoms with Crippen LogP contribution in [0.25, 0.3) is 0 Å². The number of nitrogens with zero attached hydrogens (tertiary/aromatic N) is 3. The Morgan fingerprint density at radius 1 is 1.07 bits per heavy atom. The van der Waals surface area contributed by atoms with E-state index in [1.807, 2.05) is 35.0 Å². The van der Waals surface area contributed by atoms with Gasteiger partial charge in [0.15, 0.2) is 0 Å². The average molecular weight is 424 g/mol. The van der Waals surface area contributed by atoms with Crippen LogP contribution in [0.2, 0.25) is 5.02 Å². The number of hydrogen-bond donors (Lipinski definition) is 0. The highest BCUT2D eigenvalue weighted by Crippen LogP contribution is 2.19. The third-order valence-electron chi connectivity index (χ3n) is 4.74. The first-order valence-corrected chi connectivity index (χ1v) is 9.78. The topological polar surface area (TPSA) is 51.3 Å². The monoisotopic (exact) mass is 423 g/mol. The molecule has 0 saturated carbocycles. The highest BCUT2D eigenvalue weighted by atomic mass is 35.5. The molecule has 0 unspecified atom stereocenters. The van der Waals surface area contributed by atoms with E-state index in [9.17, 15) is 9.18 Å². The molecule has 7 heteroatoms. The van der Waals surface area contributed by atoms with Crippen molar-refractivity contribution in [2.45, 2.75) is 19.6 Å². The Morgan fingerprint density at radius 2 is 1.87 bits per heavy atom. The second kappa shape index (κ2) is 8.97. The summed E-state index contributed by atoms with van der Waals surface area (Å²) in [6, 6.07) is 16.7. The van der Waals surface area contributed by atoms with E-state index in [-0.39, 0.29) is 24.8 Å². The lowest BCUT2D eigenvalue weighted by molar-refractivity contribution is 0.0711. The molecular formula is C23H19ClFN3O2. The Labute approximate surface area is 178 Å². The molecule has 0 bridgehead atoms. The normalized spacial score (nSPS) is 10.9. The van der Waals surface area contributed by atoms with Gasteiger partial charge in [-0.2, -0.15) is 0 Å². The summed E-state index contributed by atoms with van der Waals surface area (Å²) < 4.78 is 20.7. The molecule has 0 N–H and O–H groups in total. The predicted octanol–water partition coefficient (Wildman–Crippen LogP) is 5.16. The first-order valence-electron chi connectivity index (χ1n) is 9.41. The van der Waals surface area contributed by atoms with E-state index in [0.29, 0.717) is 28.7 Å². The minimum Gasteiger partial charge on any atom is -0.467 e. The number of benzene rings is 2. The summed E-state index contributed by atoms with van der Waals surface area (Å²) in [5.74, 6) is 0.727. The van der Waals surface area contributed by atoms with E-state index in [0.717, 1.165) is 5.56 Å². The molecule has 30 heavy (non-hydrogen) atoms. The molecule has 0 aliphatic carbocycles. The fourth-order valence-corrected chi connectivity index (χ4v) is 3.38. The van der Waals surface area contributed by atoms with Gasteiger partial charge in [-0.3, -0.25) is 4.79 Å². The van der Waals surface area contributed by atoms with Crippen LogP contribution >= 0.6 is 11.6 Å². The molecule has 0 atom stereocenters. The number of halogens is 2. The van der Waals surface area contributed by atoms with Gasteiger partial charge in [0, 0.05) is 23.0 Å². The Balaban J connectivity index is 1.59. The van der Waals surface area contributed by atoms with Crippen molar-refractivity contribution >= 4 is 17.5 Å². The van der Waals surface area contributed by atoms with Gasteiger partial charge in [-0.15, -0.1) is 0 Å². The van der Waals surface area contributed by atoms with Gasteiger partial charge in [0.05, 0.1) is 25.9 Å². The minimum absolute atomic E-state index is 0.237. The largest absolute Gasteiger partial charge is 0.467 e. The highest BCUT2D eigenvalue weighted by molar-refractivity contribution is 6.31. The van der Waals surface area contributed by atoms with Crippen LogP contribution in [0.5, 0.6) is 0 Å². The second-order valence-electron chi connectivity index (χ2n) is 6.81. The van der Waals surface area contributed by atoms with Crippen LogP contribution in [0.1, 0.15) is 27.5 Å². The van der Waals surface area contributed by atoms with Crippen LogP contribution < -0.4 is 0 Å². The molecule has 5 nitrogen and oxygen atoms in total. The number of rotatable bonds is 7. The van der Waals surface area contributed by atoms with Crippen LogP contribution in [0, 0.1) is 5.82 Å². The standard InChI is InChI=1S/C23H19ClFN3O2/c24-21-6-2-1-4-18(21)14-27-12-11-26-22(27)16-28(15-20-5-3-13-30-20)23(29)17-7-9-19(25)10-8-17/h1-13H,14-16H2. The van der Waals surface area contributed by atoms with E-state index < -0.39 is 0 Å². The summed E-state index contributed by atoms with van der Waals surface area (Å²) in [7, 11) is 0. The van der Waals surface area contributed by atoms with E-state index >= 15 is 0 Å². The number of carbonyl (C=O) groups excluding carboxylic acids is 1. The fourth-order valence-electron chi connectivity index (χ4n) is 3.18. The van der Waals surface area contributed by atoms with Gasteiger partial charge in [-0.05, 0) is 48.0 Å². The lowest BCUT2D eigenvalue weighted by Crippen LogP contribution is -2.31. The molecule has 1 amide bonds. The average Bonchev–Trinajstić information content (AvgIpc) is 3.42. The summed E-state index contributed by atoms with van der Waals surface area (Å²) in [5, 5.41) is 0.673. The molecule has 4 rings (SSSR count). The SMILES string of the molecule is O=C(c1ccc(F)cc1)N(Cc1ccco1)Cc1nccn1Cc1ccccc1Cl. The number of imidazole rings is 1. The van der Waals surface area contributed by atoms with Crippen molar-refractivity contribution in [3.05, 3.63) is 113 Å². The molecule has 0 aliphatic rings. The van der Waals surface area contributed by atoms with E-state index in [1.54, 1.807) is 29.5 Å². The molecule has 152 valence electrons. The van der Waals surface area contributed by atoms with Crippen molar-refractivity contribution in [1.82, 2.24) is 14.5 Å². The van der Waals surface area contributed by atoms with Crippen molar-refractivity contribution in [2.24, 2.45) is 0 Å². The zero-order chi connectivity index (χ0) is 20.9. The lowest BCUT2D eigenvalue weighted by Gasteiger charge is -2.22. The molecule has 0 spiro atoms.